The van der Waals surface area contributed by atoms with Crippen LogP contribution in [0.2, 0.25) is 0 Å². The van der Waals surface area contributed by atoms with Gasteiger partial charge in [0.25, 0.3) is 0 Å². The Kier molecular flexibility index (Phi) is 4.72. The first-order valence-electron chi connectivity index (χ1n) is 7.00. The third-order valence-corrected chi connectivity index (χ3v) is 3.15. The van der Waals surface area contributed by atoms with Crippen LogP contribution in [0.1, 0.15) is 30.3 Å². The number of nitrogens with zero attached hydrogens (tertiary/aromatic N) is 3. The van der Waals surface area contributed by atoms with Crippen LogP contribution in [-0.4, -0.2) is 17.0 Å². The summed E-state index contributed by atoms with van der Waals surface area (Å²) < 4.78 is 0. The van der Waals surface area contributed by atoms with Gasteiger partial charge in [0.15, 0.2) is 0 Å². The Labute approximate surface area is 125 Å². The predicted octanol–water partition coefficient (Wildman–Crippen LogP) is 3.39. The second kappa shape index (κ2) is 6.71. The average molecular weight is 281 g/mol. The molecule has 0 spiro atoms. The lowest BCUT2D eigenvalue weighted by Gasteiger charge is -2.11. The quantitative estimate of drug-likeness (QED) is 0.878. The van der Waals surface area contributed by atoms with Gasteiger partial charge in [-0.2, -0.15) is 5.26 Å². The van der Waals surface area contributed by atoms with E-state index in [1.807, 2.05) is 38.2 Å². The van der Waals surface area contributed by atoms with Gasteiger partial charge in [0.1, 0.15) is 23.5 Å². The van der Waals surface area contributed by atoms with Gasteiger partial charge in [-0.25, -0.2) is 9.97 Å². The fourth-order valence-electron chi connectivity index (χ4n) is 2.08. The van der Waals surface area contributed by atoms with Crippen molar-refractivity contribution in [1.82, 2.24) is 9.97 Å². The van der Waals surface area contributed by atoms with E-state index < -0.39 is 0 Å². The Morgan fingerprint density at radius 3 is 2.67 bits per heavy atom. The number of aromatic nitrogens is 2. The van der Waals surface area contributed by atoms with E-state index in [0.717, 1.165) is 35.7 Å². The predicted molar refractivity (Wildman–Crippen MR) is 84.8 cm³/mol. The highest BCUT2D eigenvalue weighted by atomic mass is 15.1. The van der Waals surface area contributed by atoms with Crippen LogP contribution in [0.4, 0.5) is 17.3 Å². The normalized spacial score (nSPS) is 10.0. The second-order valence-corrected chi connectivity index (χ2v) is 4.79. The van der Waals surface area contributed by atoms with E-state index in [1.165, 1.54) is 0 Å². The molecule has 0 radical (unpaired) electrons. The first-order chi connectivity index (χ1) is 10.2. The number of hydrogen-bond acceptors (Lipinski definition) is 5. The van der Waals surface area contributed by atoms with Gasteiger partial charge >= 0.3 is 0 Å². The van der Waals surface area contributed by atoms with Crippen molar-refractivity contribution in [3.05, 3.63) is 41.2 Å². The number of hydrogen-bond donors (Lipinski definition) is 2. The minimum absolute atomic E-state index is 0.638. The molecule has 0 saturated heterocycles. The summed E-state index contributed by atoms with van der Waals surface area (Å²) in [7, 11) is 1.83. The fourth-order valence-corrected chi connectivity index (χ4v) is 2.08. The first-order valence-corrected chi connectivity index (χ1v) is 7.00. The highest BCUT2D eigenvalue weighted by molar-refractivity contribution is 5.67. The second-order valence-electron chi connectivity index (χ2n) is 4.79. The maximum absolute atomic E-state index is 9.28. The Balaban J connectivity index is 2.37. The molecule has 0 fully saturated rings. The van der Waals surface area contributed by atoms with Crippen molar-refractivity contribution in [1.29, 1.82) is 5.26 Å². The lowest BCUT2D eigenvalue weighted by Crippen LogP contribution is -2.04. The van der Waals surface area contributed by atoms with Gasteiger partial charge in [-0.1, -0.05) is 19.1 Å². The SMILES string of the molecule is CCCc1nc(NC)cc(Nc2cccc(C)c2C#N)n1. The molecule has 0 amide bonds. The molecule has 2 N–H and O–H groups in total. The summed E-state index contributed by atoms with van der Waals surface area (Å²) in [6.07, 6.45) is 1.81. The molecule has 2 aromatic rings. The third-order valence-electron chi connectivity index (χ3n) is 3.15. The van der Waals surface area contributed by atoms with Gasteiger partial charge in [-0.3, -0.25) is 0 Å². The van der Waals surface area contributed by atoms with Gasteiger partial charge < -0.3 is 10.6 Å². The summed E-state index contributed by atoms with van der Waals surface area (Å²) in [4.78, 5) is 8.92. The molecule has 1 heterocycles. The van der Waals surface area contributed by atoms with Crippen LogP contribution < -0.4 is 10.6 Å². The standard InChI is InChI=1S/C16H19N5/c1-4-6-14-20-15(18-3)9-16(21-14)19-13-8-5-7-11(2)12(13)10-17/h5,7-9H,4,6H2,1-3H3,(H2,18,19,20,21). The zero-order valence-electron chi connectivity index (χ0n) is 12.6. The molecule has 0 aliphatic heterocycles. The molecule has 5 nitrogen and oxygen atoms in total. The van der Waals surface area contributed by atoms with Crippen LogP contribution in [0.3, 0.4) is 0 Å². The average Bonchev–Trinajstić information content (AvgIpc) is 2.47. The minimum Gasteiger partial charge on any atom is -0.373 e. The topological polar surface area (TPSA) is 73.6 Å². The summed E-state index contributed by atoms with van der Waals surface area (Å²) in [5.41, 5.74) is 2.35. The molecule has 0 atom stereocenters. The Morgan fingerprint density at radius 2 is 2.00 bits per heavy atom. The molecular formula is C16H19N5. The molecule has 0 bridgehead atoms. The lowest BCUT2D eigenvalue weighted by molar-refractivity contribution is 0.838. The summed E-state index contributed by atoms with van der Waals surface area (Å²) >= 11 is 0. The van der Waals surface area contributed by atoms with E-state index in [4.69, 9.17) is 0 Å². The zero-order chi connectivity index (χ0) is 15.2. The smallest absolute Gasteiger partial charge is 0.136 e. The van der Waals surface area contributed by atoms with Gasteiger partial charge in [-0.15, -0.1) is 0 Å². The van der Waals surface area contributed by atoms with E-state index in [1.54, 1.807) is 0 Å². The van der Waals surface area contributed by atoms with Crippen molar-refractivity contribution >= 4 is 17.3 Å². The molecule has 0 saturated carbocycles. The van der Waals surface area contributed by atoms with Gasteiger partial charge in [-0.05, 0) is 25.0 Å². The molecule has 2 rings (SSSR count). The molecule has 5 heteroatoms. The Morgan fingerprint density at radius 1 is 1.24 bits per heavy atom. The maximum Gasteiger partial charge on any atom is 0.136 e. The maximum atomic E-state index is 9.28. The molecule has 21 heavy (non-hydrogen) atoms. The van der Waals surface area contributed by atoms with Crippen LogP contribution in [0.5, 0.6) is 0 Å². The lowest BCUT2D eigenvalue weighted by atomic mass is 10.1. The monoisotopic (exact) mass is 281 g/mol. The summed E-state index contributed by atoms with van der Waals surface area (Å²) in [6.45, 7) is 4.02. The molecule has 1 aromatic carbocycles. The zero-order valence-corrected chi connectivity index (χ0v) is 12.6. The molecule has 0 unspecified atom stereocenters. The van der Waals surface area contributed by atoms with Crippen LogP contribution >= 0.6 is 0 Å². The number of nitriles is 1. The van der Waals surface area contributed by atoms with Crippen molar-refractivity contribution < 1.29 is 0 Å². The molecule has 0 aliphatic rings. The number of aryl methyl sites for hydroxylation is 2. The largest absolute Gasteiger partial charge is 0.373 e. The van der Waals surface area contributed by atoms with Crippen molar-refractivity contribution in [3.8, 4) is 6.07 Å². The highest BCUT2D eigenvalue weighted by Crippen LogP contribution is 2.23. The number of anilines is 3. The minimum atomic E-state index is 0.638. The van der Waals surface area contributed by atoms with Gasteiger partial charge in [0.2, 0.25) is 0 Å². The summed E-state index contributed by atoms with van der Waals surface area (Å²) in [6, 6.07) is 9.79. The highest BCUT2D eigenvalue weighted by Gasteiger charge is 2.08. The molecule has 1 aromatic heterocycles. The van der Waals surface area contributed by atoms with Crippen molar-refractivity contribution in [2.24, 2.45) is 0 Å². The van der Waals surface area contributed by atoms with Crippen LogP contribution in [0, 0.1) is 18.3 Å². The van der Waals surface area contributed by atoms with Crippen molar-refractivity contribution in [2.75, 3.05) is 17.7 Å². The van der Waals surface area contributed by atoms with Gasteiger partial charge in [0, 0.05) is 19.5 Å². The molecule has 0 aliphatic carbocycles. The number of rotatable bonds is 5. The van der Waals surface area contributed by atoms with Crippen molar-refractivity contribution in [3.63, 3.8) is 0 Å². The van der Waals surface area contributed by atoms with Gasteiger partial charge in [0.05, 0.1) is 11.3 Å². The van der Waals surface area contributed by atoms with E-state index in [9.17, 15) is 5.26 Å². The Bertz CT molecular complexity index is 673. The van der Waals surface area contributed by atoms with E-state index in [0.29, 0.717) is 11.4 Å². The van der Waals surface area contributed by atoms with E-state index in [-0.39, 0.29) is 0 Å². The van der Waals surface area contributed by atoms with E-state index in [2.05, 4.69) is 33.6 Å². The fraction of sp³-hybridized carbons (Fsp3) is 0.312. The van der Waals surface area contributed by atoms with E-state index >= 15 is 0 Å². The Hall–Kier alpha value is -2.61. The van der Waals surface area contributed by atoms with Crippen LogP contribution in [-0.2, 0) is 6.42 Å². The number of nitrogens with one attached hydrogen (secondary N) is 2. The summed E-state index contributed by atoms with van der Waals surface area (Å²) in [5, 5.41) is 15.5. The molecule has 108 valence electrons. The molecular weight excluding hydrogens is 262 g/mol. The third kappa shape index (κ3) is 3.48. The first kappa shape index (κ1) is 14.8. The van der Waals surface area contributed by atoms with Crippen LogP contribution in [0.25, 0.3) is 0 Å². The number of benzene rings is 1. The summed E-state index contributed by atoms with van der Waals surface area (Å²) in [5.74, 6) is 2.25. The van der Waals surface area contributed by atoms with Crippen molar-refractivity contribution in [2.45, 2.75) is 26.7 Å². The van der Waals surface area contributed by atoms with Crippen LogP contribution in [0.15, 0.2) is 24.3 Å².